The number of thiazole rings is 1. The summed E-state index contributed by atoms with van der Waals surface area (Å²) in [5.41, 5.74) is 3.20. The Kier molecular flexibility index (Phi) is 6.81. The van der Waals surface area contributed by atoms with E-state index in [0.29, 0.717) is 33.3 Å². The smallest absolute Gasteiger partial charge is 0.274 e. The summed E-state index contributed by atoms with van der Waals surface area (Å²) < 4.78 is 1.62. The van der Waals surface area contributed by atoms with Crippen LogP contribution in [0, 0.1) is 13.8 Å². The minimum Gasteiger partial charge on any atom is -0.274 e. The predicted molar refractivity (Wildman–Crippen MR) is 119 cm³/mol. The van der Waals surface area contributed by atoms with Crippen LogP contribution in [0.1, 0.15) is 37.1 Å². The Bertz CT molecular complexity index is 1070. The van der Waals surface area contributed by atoms with Crippen LogP contribution in [0.2, 0.25) is 5.02 Å². The molecule has 1 N–H and O–H groups in total. The summed E-state index contributed by atoms with van der Waals surface area (Å²) in [6.07, 6.45) is 0.845. The Balaban J connectivity index is 1.84. The van der Waals surface area contributed by atoms with Crippen molar-refractivity contribution >= 4 is 51.4 Å². The van der Waals surface area contributed by atoms with Gasteiger partial charge in [0.05, 0.1) is 16.4 Å². The van der Waals surface area contributed by atoms with Gasteiger partial charge in [-0.2, -0.15) is 0 Å². The van der Waals surface area contributed by atoms with Crippen LogP contribution < -0.4 is 10.6 Å². The molecule has 2 aromatic heterocycles. The molecule has 0 unspecified atom stereocenters. The number of carbonyl (C=O) groups is 1. The van der Waals surface area contributed by atoms with Crippen LogP contribution in [0.3, 0.4) is 0 Å². The highest BCUT2D eigenvalue weighted by Gasteiger charge is 2.23. The van der Waals surface area contributed by atoms with Crippen LogP contribution >= 0.6 is 34.7 Å². The maximum Gasteiger partial charge on any atom is 0.343 e. The second kappa shape index (κ2) is 9.15. The van der Waals surface area contributed by atoms with Gasteiger partial charge in [0.1, 0.15) is 0 Å². The number of aryl methyl sites for hydroxylation is 2. The number of nitrogens with one attached hydrogen (secondary N) is 1. The van der Waals surface area contributed by atoms with Crippen molar-refractivity contribution in [3.8, 4) is 0 Å². The first-order chi connectivity index (χ1) is 13.8. The third-order valence-corrected chi connectivity index (χ3v) is 6.36. The van der Waals surface area contributed by atoms with Crippen molar-refractivity contribution in [2.24, 2.45) is 0 Å². The van der Waals surface area contributed by atoms with Crippen molar-refractivity contribution in [2.75, 3.05) is 4.90 Å². The molecule has 0 saturated carbocycles. The molecular formula is C19H22ClN5O2S2. The third-order valence-electron chi connectivity index (χ3n) is 4.19. The van der Waals surface area contributed by atoms with E-state index in [4.69, 9.17) is 11.6 Å². The third kappa shape index (κ3) is 4.73. The summed E-state index contributed by atoms with van der Waals surface area (Å²) in [4.78, 5) is 30.4. The van der Waals surface area contributed by atoms with E-state index in [0.717, 1.165) is 23.2 Å². The van der Waals surface area contributed by atoms with Gasteiger partial charge in [0.25, 0.3) is 0 Å². The van der Waals surface area contributed by atoms with Gasteiger partial charge in [-0.1, -0.05) is 36.4 Å². The Morgan fingerprint density at radius 1 is 1.38 bits per heavy atom. The van der Waals surface area contributed by atoms with E-state index in [9.17, 15) is 9.59 Å². The predicted octanol–water partition coefficient (Wildman–Crippen LogP) is 4.69. The first-order valence-corrected chi connectivity index (χ1v) is 11.4. The van der Waals surface area contributed by atoms with Gasteiger partial charge in [0.15, 0.2) is 10.3 Å². The second-order valence-corrected chi connectivity index (χ2v) is 8.83. The molecule has 1 amide bonds. The molecule has 0 fully saturated rings. The number of halogens is 1. The zero-order valence-electron chi connectivity index (χ0n) is 16.7. The average Bonchev–Trinajstić information content (AvgIpc) is 3.24. The zero-order chi connectivity index (χ0) is 21.1. The molecule has 0 saturated heterocycles. The number of hydrogen-bond acceptors (Lipinski definition) is 6. The van der Waals surface area contributed by atoms with E-state index in [1.54, 1.807) is 9.47 Å². The van der Waals surface area contributed by atoms with E-state index in [-0.39, 0.29) is 11.6 Å². The number of carbonyl (C=O) groups excluding carboxylic acids is 1. The first kappa shape index (κ1) is 21.6. The molecule has 2 heterocycles. The number of amides is 1. The van der Waals surface area contributed by atoms with Crippen molar-refractivity contribution in [2.45, 2.75) is 51.6 Å². The fraction of sp³-hybridized carbons (Fsp3) is 0.368. The lowest BCUT2D eigenvalue weighted by Gasteiger charge is -2.22. The molecule has 0 radical (unpaired) electrons. The minimum atomic E-state index is -0.208. The lowest BCUT2D eigenvalue weighted by atomic mass is 10.1. The highest BCUT2D eigenvalue weighted by molar-refractivity contribution is 7.98. The van der Waals surface area contributed by atoms with Gasteiger partial charge in [0, 0.05) is 24.6 Å². The summed E-state index contributed by atoms with van der Waals surface area (Å²) in [7, 11) is 0. The Labute approximate surface area is 182 Å². The van der Waals surface area contributed by atoms with Crippen molar-refractivity contribution in [1.82, 2.24) is 19.7 Å². The van der Waals surface area contributed by atoms with Crippen LogP contribution in [0.4, 0.5) is 10.8 Å². The van der Waals surface area contributed by atoms with E-state index < -0.39 is 0 Å². The van der Waals surface area contributed by atoms with E-state index in [1.165, 1.54) is 30.0 Å². The highest BCUT2D eigenvalue weighted by atomic mass is 35.5. The van der Waals surface area contributed by atoms with Gasteiger partial charge >= 0.3 is 5.69 Å². The molecular weight excluding hydrogens is 430 g/mol. The highest BCUT2D eigenvalue weighted by Crippen LogP contribution is 2.37. The summed E-state index contributed by atoms with van der Waals surface area (Å²) >= 11 is 9.27. The molecule has 3 aromatic rings. The largest absolute Gasteiger partial charge is 0.343 e. The van der Waals surface area contributed by atoms with E-state index in [1.807, 2.05) is 38.3 Å². The molecule has 29 heavy (non-hydrogen) atoms. The quantitative estimate of drug-likeness (QED) is 0.527. The van der Waals surface area contributed by atoms with Gasteiger partial charge < -0.3 is 0 Å². The molecule has 10 heteroatoms. The number of hydrogen-bond donors (Lipinski definition) is 1. The van der Waals surface area contributed by atoms with Gasteiger partial charge in [-0.15, -0.1) is 16.4 Å². The molecule has 1 aromatic carbocycles. The number of thioether (sulfide) groups is 1. The monoisotopic (exact) mass is 451 g/mol. The summed E-state index contributed by atoms with van der Waals surface area (Å²) in [5, 5.41) is 10.2. The Morgan fingerprint density at radius 2 is 2.14 bits per heavy atom. The van der Waals surface area contributed by atoms with Crippen LogP contribution in [-0.4, -0.2) is 25.7 Å². The summed E-state index contributed by atoms with van der Waals surface area (Å²) in [6, 6.07) is 3.83. The number of anilines is 2. The van der Waals surface area contributed by atoms with Gasteiger partial charge in [-0.3, -0.25) is 14.3 Å². The minimum absolute atomic E-state index is 0.156. The van der Waals surface area contributed by atoms with Crippen LogP contribution in [0.25, 0.3) is 0 Å². The molecule has 0 bridgehead atoms. The van der Waals surface area contributed by atoms with E-state index >= 15 is 0 Å². The first-order valence-electron chi connectivity index (χ1n) is 9.11. The standard InChI is InChI=1S/C19H22ClN5O2S2/c1-5-6-24-17(27)22-23-19(24)29-10-14-9-28-18(21-14)25(13(4)26)16-12(3)7-11(2)8-15(16)20/h7-9H,5-6,10H2,1-4H3,(H,22,27). The van der Waals surface area contributed by atoms with Crippen LogP contribution in [-0.2, 0) is 17.1 Å². The number of nitrogens with zero attached hydrogens (tertiary/aromatic N) is 4. The fourth-order valence-corrected chi connectivity index (χ4v) is 5.27. The molecule has 0 spiro atoms. The lowest BCUT2D eigenvalue weighted by Crippen LogP contribution is -2.24. The average molecular weight is 452 g/mol. The lowest BCUT2D eigenvalue weighted by molar-refractivity contribution is -0.115. The van der Waals surface area contributed by atoms with Crippen molar-refractivity contribution in [3.05, 3.63) is 49.8 Å². The molecule has 0 atom stereocenters. The number of H-pyrrole nitrogens is 1. The maximum atomic E-state index is 12.4. The van der Waals surface area contributed by atoms with Crippen molar-refractivity contribution < 1.29 is 4.79 Å². The summed E-state index contributed by atoms with van der Waals surface area (Å²) in [5.74, 6) is 0.383. The van der Waals surface area contributed by atoms with Gasteiger partial charge in [-0.25, -0.2) is 14.9 Å². The van der Waals surface area contributed by atoms with Crippen LogP contribution in [0.15, 0.2) is 27.5 Å². The Morgan fingerprint density at radius 3 is 2.79 bits per heavy atom. The topological polar surface area (TPSA) is 83.9 Å². The van der Waals surface area contributed by atoms with E-state index in [2.05, 4.69) is 15.2 Å². The van der Waals surface area contributed by atoms with Crippen molar-refractivity contribution in [3.63, 3.8) is 0 Å². The number of rotatable bonds is 7. The maximum absolute atomic E-state index is 12.4. The molecule has 3 rings (SSSR count). The normalized spacial score (nSPS) is 11.1. The molecule has 0 aliphatic rings. The zero-order valence-corrected chi connectivity index (χ0v) is 19.0. The number of aromatic amines is 1. The SMILES string of the molecule is CCCn1c(SCc2csc(N(C(C)=O)c3c(C)cc(C)cc3Cl)n2)n[nH]c1=O. The van der Waals surface area contributed by atoms with Crippen molar-refractivity contribution in [1.29, 1.82) is 0 Å². The fourth-order valence-electron chi connectivity index (χ4n) is 3.02. The molecule has 154 valence electrons. The van der Waals surface area contributed by atoms with Gasteiger partial charge in [0.2, 0.25) is 5.91 Å². The Hall–Kier alpha value is -2.10. The van der Waals surface area contributed by atoms with Crippen LogP contribution in [0.5, 0.6) is 0 Å². The summed E-state index contributed by atoms with van der Waals surface area (Å²) in [6.45, 7) is 8.02. The molecule has 0 aliphatic carbocycles. The second-order valence-electron chi connectivity index (χ2n) is 6.64. The molecule has 0 aliphatic heterocycles. The molecule has 7 nitrogen and oxygen atoms in total. The van der Waals surface area contributed by atoms with Gasteiger partial charge in [-0.05, 0) is 37.5 Å². The number of benzene rings is 1. The number of aromatic nitrogens is 4.